The first kappa shape index (κ1) is 7.71. The minimum atomic E-state index is -3.34. The lowest BCUT2D eigenvalue weighted by Crippen LogP contribution is -1.98. The van der Waals surface area contributed by atoms with Gasteiger partial charge in [0.05, 0.1) is 0 Å². The van der Waals surface area contributed by atoms with E-state index in [9.17, 15) is 8.78 Å². The van der Waals surface area contributed by atoms with Gasteiger partial charge in [0.15, 0.2) is 0 Å². The maximum Gasteiger partial charge on any atom is 0.385 e. The Balaban J connectivity index is 3.69. The predicted molar refractivity (Wildman–Crippen MR) is 28.9 cm³/mol. The van der Waals surface area contributed by atoms with E-state index in [4.69, 9.17) is 0 Å². The number of alkyl halides is 3. The van der Waals surface area contributed by atoms with Gasteiger partial charge in [-0.25, -0.2) is 0 Å². The zero-order valence-corrected chi connectivity index (χ0v) is 5.10. The van der Waals surface area contributed by atoms with Gasteiger partial charge in [-0.15, -0.1) is 0 Å². The van der Waals surface area contributed by atoms with Crippen molar-refractivity contribution in [2.75, 3.05) is 0 Å². The van der Waals surface area contributed by atoms with E-state index in [-0.39, 0.29) is 0 Å². The molecule has 0 spiro atoms. The smallest absolute Gasteiger partial charge is 0.175 e. The second-order valence-corrected chi connectivity index (χ2v) is 1.63. The number of halogens is 3. The molecule has 0 aliphatic rings. The van der Waals surface area contributed by atoms with Crippen LogP contribution in [0.3, 0.4) is 0 Å². The van der Waals surface area contributed by atoms with Crippen LogP contribution in [0.2, 0.25) is 0 Å². The first-order chi connectivity index (χ1) is 3.56. The first-order valence-corrected chi connectivity index (χ1v) is 2.51. The van der Waals surface area contributed by atoms with Crippen LogP contribution in [0.4, 0.5) is 8.78 Å². The van der Waals surface area contributed by atoms with Gasteiger partial charge in [-0.3, -0.25) is 0 Å². The summed E-state index contributed by atoms with van der Waals surface area (Å²) in [5, 5.41) is -3.34. The van der Waals surface area contributed by atoms with Crippen LogP contribution in [0.5, 0.6) is 0 Å². The molecule has 0 aliphatic carbocycles. The Hall–Kier alpha value is -0.290. The molecule has 0 fully saturated rings. The van der Waals surface area contributed by atoms with E-state index in [0.29, 0.717) is 6.42 Å². The molecule has 0 aromatic heterocycles. The lowest BCUT2D eigenvalue weighted by Gasteiger charge is -1.92. The van der Waals surface area contributed by atoms with E-state index >= 15 is 0 Å². The van der Waals surface area contributed by atoms with Gasteiger partial charge < -0.3 is 0 Å². The van der Waals surface area contributed by atoms with Crippen molar-refractivity contribution in [3.05, 3.63) is 0 Å². The van der Waals surface area contributed by atoms with Crippen LogP contribution in [0, 0.1) is 11.8 Å². The van der Waals surface area contributed by atoms with Crippen molar-refractivity contribution in [1.82, 2.24) is 0 Å². The molecule has 0 nitrogen and oxygen atoms in total. The Morgan fingerprint density at radius 3 is 2.25 bits per heavy atom. The molecular weight excluding hydrogens is 134 g/mol. The summed E-state index contributed by atoms with van der Waals surface area (Å²) < 4.78 is 23.0. The van der Waals surface area contributed by atoms with Crippen LogP contribution in [-0.4, -0.2) is 5.38 Å². The van der Waals surface area contributed by atoms with Crippen LogP contribution in [-0.2, 0) is 0 Å². The van der Waals surface area contributed by atoms with Gasteiger partial charge in [-0.1, -0.05) is 12.8 Å². The van der Waals surface area contributed by atoms with Gasteiger partial charge in [0.25, 0.3) is 0 Å². The summed E-state index contributed by atoms with van der Waals surface area (Å²) >= 11 is 4.40. The van der Waals surface area contributed by atoms with E-state index in [0.717, 1.165) is 0 Å². The summed E-state index contributed by atoms with van der Waals surface area (Å²) in [5.74, 6) is 3.71. The molecule has 0 radical (unpaired) electrons. The second-order valence-electron chi connectivity index (χ2n) is 1.15. The molecule has 0 aromatic rings. The van der Waals surface area contributed by atoms with Gasteiger partial charge >= 0.3 is 5.38 Å². The summed E-state index contributed by atoms with van der Waals surface area (Å²) in [6.45, 7) is 1.68. The Morgan fingerprint density at radius 1 is 1.62 bits per heavy atom. The maximum atomic E-state index is 11.5. The van der Waals surface area contributed by atoms with Crippen molar-refractivity contribution in [2.24, 2.45) is 0 Å². The molecule has 0 amide bonds. The summed E-state index contributed by atoms with van der Waals surface area (Å²) in [5.41, 5.74) is 0. The summed E-state index contributed by atoms with van der Waals surface area (Å²) in [6.07, 6.45) is 0.405. The molecule has 0 heterocycles. The highest BCUT2D eigenvalue weighted by Gasteiger charge is 2.19. The molecule has 0 aromatic carbocycles. The third-order valence-corrected chi connectivity index (χ3v) is 0.501. The summed E-state index contributed by atoms with van der Waals surface area (Å²) in [6, 6.07) is 0. The van der Waals surface area contributed by atoms with Gasteiger partial charge in [0.2, 0.25) is 0 Å². The van der Waals surface area contributed by atoms with E-state index in [1.54, 1.807) is 12.8 Å². The third-order valence-electron chi connectivity index (χ3n) is 0.407. The normalized spacial score (nSPS) is 10.0. The van der Waals surface area contributed by atoms with Crippen LogP contribution in [0.15, 0.2) is 0 Å². The molecule has 0 rings (SSSR count). The molecule has 0 atom stereocenters. The van der Waals surface area contributed by atoms with E-state index in [1.165, 1.54) is 0 Å². The molecule has 8 heavy (non-hydrogen) atoms. The largest absolute Gasteiger partial charge is 0.385 e. The van der Waals surface area contributed by atoms with Crippen LogP contribution in [0.25, 0.3) is 0 Å². The topological polar surface area (TPSA) is 0 Å². The maximum absolute atomic E-state index is 11.5. The highest BCUT2D eigenvalue weighted by molar-refractivity contribution is 6.23. The van der Waals surface area contributed by atoms with E-state index in [1.807, 2.05) is 0 Å². The summed E-state index contributed by atoms with van der Waals surface area (Å²) in [4.78, 5) is 0. The zero-order chi connectivity index (χ0) is 6.62. The molecule has 0 N–H and O–H groups in total. The third kappa shape index (κ3) is 5.71. The quantitative estimate of drug-likeness (QED) is 0.356. The minimum absolute atomic E-state index is 0.405. The number of rotatable bonds is 0. The van der Waals surface area contributed by atoms with Gasteiger partial charge in [0, 0.05) is 6.42 Å². The minimum Gasteiger partial charge on any atom is -0.175 e. The Morgan fingerprint density at radius 2 is 2.12 bits per heavy atom. The Kier molecular flexibility index (Phi) is 2.78. The highest BCUT2D eigenvalue weighted by atomic mass is 35.5. The molecule has 0 saturated carbocycles. The SMILES string of the molecule is CCC#CC(F)(F)Cl. The zero-order valence-electron chi connectivity index (χ0n) is 4.34. The predicted octanol–water partition coefficient (Wildman–Crippen LogP) is 2.23. The summed E-state index contributed by atoms with van der Waals surface area (Å²) in [7, 11) is 0. The van der Waals surface area contributed by atoms with Crippen molar-refractivity contribution in [1.29, 1.82) is 0 Å². The van der Waals surface area contributed by atoms with Gasteiger partial charge in [-0.05, 0) is 17.5 Å². The van der Waals surface area contributed by atoms with Crippen molar-refractivity contribution in [3.8, 4) is 11.8 Å². The lowest BCUT2D eigenvalue weighted by molar-refractivity contribution is 0.164. The van der Waals surface area contributed by atoms with E-state index < -0.39 is 5.38 Å². The lowest BCUT2D eigenvalue weighted by atomic mass is 10.5. The number of hydrogen-bond acceptors (Lipinski definition) is 0. The van der Waals surface area contributed by atoms with Gasteiger partial charge in [0.1, 0.15) is 0 Å². The molecule has 46 valence electrons. The average Bonchev–Trinajstić information content (AvgIpc) is 1.59. The van der Waals surface area contributed by atoms with Crippen molar-refractivity contribution in [2.45, 2.75) is 18.7 Å². The highest BCUT2D eigenvalue weighted by Crippen LogP contribution is 2.15. The fourth-order valence-electron chi connectivity index (χ4n) is 0.189. The standard InChI is InChI=1S/C5H5ClF2/c1-2-3-4-5(6,7)8/h2H2,1H3. The molecule has 0 unspecified atom stereocenters. The van der Waals surface area contributed by atoms with Crippen LogP contribution < -0.4 is 0 Å². The number of hydrogen-bond donors (Lipinski definition) is 0. The fraction of sp³-hybridized carbons (Fsp3) is 0.600. The first-order valence-electron chi connectivity index (χ1n) is 2.13. The molecular formula is C5H5ClF2. The van der Waals surface area contributed by atoms with Crippen molar-refractivity contribution >= 4 is 11.6 Å². The van der Waals surface area contributed by atoms with Crippen molar-refractivity contribution < 1.29 is 8.78 Å². The Labute approximate surface area is 51.8 Å². The van der Waals surface area contributed by atoms with E-state index in [2.05, 4.69) is 17.5 Å². The molecule has 3 heteroatoms. The average molecular weight is 139 g/mol. The fourth-order valence-corrected chi connectivity index (χ4v) is 0.255. The molecule has 0 aliphatic heterocycles. The molecule has 0 bridgehead atoms. The van der Waals surface area contributed by atoms with Gasteiger partial charge in [-0.2, -0.15) is 8.78 Å². The second kappa shape index (κ2) is 2.88. The Bertz CT molecular complexity index is 115. The van der Waals surface area contributed by atoms with Crippen LogP contribution >= 0.6 is 11.6 Å². The van der Waals surface area contributed by atoms with Crippen molar-refractivity contribution in [3.63, 3.8) is 0 Å². The van der Waals surface area contributed by atoms with Crippen LogP contribution in [0.1, 0.15) is 13.3 Å². The molecule has 0 saturated heterocycles. The monoisotopic (exact) mass is 138 g/mol.